The summed E-state index contributed by atoms with van der Waals surface area (Å²) in [6.45, 7) is 8.15. The van der Waals surface area contributed by atoms with Crippen LogP contribution < -0.4 is 4.74 Å². The molecule has 116 valence electrons. The first-order valence-corrected chi connectivity index (χ1v) is 8.57. The highest BCUT2D eigenvalue weighted by molar-refractivity contribution is 9.10. The average molecular weight is 355 g/mol. The van der Waals surface area contributed by atoms with Crippen LogP contribution >= 0.6 is 15.9 Å². The molecule has 0 bridgehead atoms. The number of rotatable bonds is 4. The molecule has 2 aliphatic heterocycles. The average Bonchev–Trinajstić information content (AvgIpc) is 2.92. The molecule has 0 aromatic heterocycles. The topological polar surface area (TPSA) is 35.9 Å². The van der Waals surface area contributed by atoms with Crippen LogP contribution in [0.15, 0.2) is 16.6 Å². The van der Waals surface area contributed by atoms with Gasteiger partial charge in [0.15, 0.2) is 11.5 Å². The molecule has 5 heteroatoms. The van der Waals surface area contributed by atoms with Crippen molar-refractivity contribution in [1.82, 2.24) is 9.80 Å². The maximum atomic E-state index is 9.99. The number of hydrogen-bond acceptors (Lipinski definition) is 4. The third-order valence-corrected chi connectivity index (χ3v) is 5.07. The van der Waals surface area contributed by atoms with E-state index in [0.29, 0.717) is 16.8 Å². The predicted molar refractivity (Wildman–Crippen MR) is 86.8 cm³/mol. The molecule has 0 radical (unpaired) electrons. The summed E-state index contributed by atoms with van der Waals surface area (Å²) in [7, 11) is 0. The number of phenols is 1. The molecule has 0 aliphatic carbocycles. The van der Waals surface area contributed by atoms with Gasteiger partial charge in [-0.25, -0.2) is 0 Å². The van der Waals surface area contributed by atoms with E-state index in [1.165, 1.54) is 31.5 Å². The molecule has 1 atom stereocenters. The number of halogens is 1. The molecule has 0 amide bonds. The van der Waals surface area contributed by atoms with E-state index in [1.807, 2.05) is 19.1 Å². The molecule has 2 saturated heterocycles. The lowest BCUT2D eigenvalue weighted by molar-refractivity contribution is 0.0993. The van der Waals surface area contributed by atoms with Crippen molar-refractivity contribution in [2.24, 2.45) is 0 Å². The summed E-state index contributed by atoms with van der Waals surface area (Å²) in [6.07, 6.45) is 2.68. The van der Waals surface area contributed by atoms with Crippen LogP contribution in [0, 0.1) is 0 Å². The fraction of sp³-hybridized carbons (Fsp3) is 0.625. The van der Waals surface area contributed by atoms with Crippen molar-refractivity contribution < 1.29 is 9.84 Å². The van der Waals surface area contributed by atoms with E-state index in [-0.39, 0.29) is 5.75 Å². The molecule has 1 unspecified atom stereocenters. The minimum atomic E-state index is 0.196. The third kappa shape index (κ3) is 3.35. The standard InChI is InChI=1S/C16H23BrN2O2/c1-2-21-15-9-12(8-14(17)16(15)20)10-18-6-7-19-5-3-4-13(19)11-18/h8-9,13,20H,2-7,10-11H2,1H3. The van der Waals surface area contributed by atoms with E-state index in [0.717, 1.165) is 25.7 Å². The summed E-state index contributed by atoms with van der Waals surface area (Å²) in [5, 5.41) is 9.99. The lowest BCUT2D eigenvalue weighted by Crippen LogP contribution is -2.49. The SMILES string of the molecule is CCOc1cc(CN2CCN3CCCC3C2)cc(Br)c1O. The smallest absolute Gasteiger partial charge is 0.172 e. The highest BCUT2D eigenvalue weighted by Gasteiger charge is 2.30. The molecule has 4 nitrogen and oxygen atoms in total. The highest BCUT2D eigenvalue weighted by Crippen LogP contribution is 2.36. The van der Waals surface area contributed by atoms with Gasteiger partial charge in [0.1, 0.15) is 0 Å². The van der Waals surface area contributed by atoms with Gasteiger partial charge >= 0.3 is 0 Å². The largest absolute Gasteiger partial charge is 0.503 e. The summed E-state index contributed by atoms with van der Waals surface area (Å²) >= 11 is 3.42. The van der Waals surface area contributed by atoms with Crippen LogP contribution in [0.1, 0.15) is 25.3 Å². The van der Waals surface area contributed by atoms with Crippen molar-refractivity contribution in [2.45, 2.75) is 32.4 Å². The van der Waals surface area contributed by atoms with Gasteiger partial charge in [-0.3, -0.25) is 9.80 Å². The van der Waals surface area contributed by atoms with Crippen LogP contribution in [0.5, 0.6) is 11.5 Å². The van der Waals surface area contributed by atoms with E-state index in [2.05, 4.69) is 25.7 Å². The van der Waals surface area contributed by atoms with E-state index in [4.69, 9.17) is 4.74 Å². The summed E-state index contributed by atoms with van der Waals surface area (Å²) in [6, 6.07) is 4.70. The number of benzene rings is 1. The Hall–Kier alpha value is -0.780. The Bertz CT molecular complexity index is 509. The predicted octanol–water partition coefficient (Wildman–Crippen LogP) is 2.83. The number of ether oxygens (including phenoxy) is 1. The van der Waals surface area contributed by atoms with E-state index < -0.39 is 0 Å². The van der Waals surface area contributed by atoms with Crippen LogP contribution in [0.3, 0.4) is 0 Å². The van der Waals surface area contributed by atoms with Gasteiger partial charge in [-0.15, -0.1) is 0 Å². The zero-order valence-corrected chi connectivity index (χ0v) is 14.1. The van der Waals surface area contributed by atoms with Gasteiger partial charge in [0, 0.05) is 32.2 Å². The number of fused-ring (bicyclic) bond motifs is 1. The first-order valence-electron chi connectivity index (χ1n) is 7.78. The molecular weight excluding hydrogens is 332 g/mol. The molecule has 1 aromatic rings. The molecule has 0 spiro atoms. The molecule has 0 saturated carbocycles. The second-order valence-electron chi connectivity index (χ2n) is 5.92. The van der Waals surface area contributed by atoms with Crippen molar-refractivity contribution >= 4 is 15.9 Å². The number of aromatic hydroxyl groups is 1. The Morgan fingerprint density at radius 3 is 3.00 bits per heavy atom. The first kappa shape index (κ1) is 15.1. The van der Waals surface area contributed by atoms with Crippen molar-refractivity contribution in [3.05, 3.63) is 22.2 Å². The number of hydrogen-bond donors (Lipinski definition) is 1. The zero-order chi connectivity index (χ0) is 14.8. The van der Waals surface area contributed by atoms with Crippen LogP contribution in [0.4, 0.5) is 0 Å². The first-order chi connectivity index (χ1) is 10.2. The van der Waals surface area contributed by atoms with Gasteiger partial charge in [0.05, 0.1) is 11.1 Å². The Labute approximate surface area is 134 Å². The lowest BCUT2D eigenvalue weighted by Gasteiger charge is -2.37. The van der Waals surface area contributed by atoms with Gasteiger partial charge in [-0.1, -0.05) is 0 Å². The summed E-state index contributed by atoms with van der Waals surface area (Å²) in [5.74, 6) is 0.766. The molecule has 2 aliphatic rings. The van der Waals surface area contributed by atoms with Gasteiger partial charge in [-0.05, 0) is 59.9 Å². The van der Waals surface area contributed by atoms with Crippen molar-refractivity contribution in [3.63, 3.8) is 0 Å². The monoisotopic (exact) mass is 354 g/mol. The molecule has 21 heavy (non-hydrogen) atoms. The van der Waals surface area contributed by atoms with Crippen molar-refractivity contribution in [3.8, 4) is 11.5 Å². The zero-order valence-electron chi connectivity index (χ0n) is 12.5. The van der Waals surface area contributed by atoms with E-state index in [1.54, 1.807) is 0 Å². The molecule has 1 N–H and O–H groups in total. The normalized spacial score (nSPS) is 23.2. The minimum Gasteiger partial charge on any atom is -0.503 e. The Kier molecular flexibility index (Phi) is 4.72. The van der Waals surface area contributed by atoms with E-state index >= 15 is 0 Å². The van der Waals surface area contributed by atoms with Gasteiger partial charge < -0.3 is 9.84 Å². The van der Waals surface area contributed by atoms with E-state index in [9.17, 15) is 5.11 Å². The maximum absolute atomic E-state index is 9.99. The second-order valence-corrected chi connectivity index (χ2v) is 6.78. The Balaban J connectivity index is 1.69. The summed E-state index contributed by atoms with van der Waals surface area (Å²) in [4.78, 5) is 5.13. The summed E-state index contributed by atoms with van der Waals surface area (Å²) < 4.78 is 6.22. The lowest BCUT2D eigenvalue weighted by atomic mass is 10.1. The fourth-order valence-corrected chi connectivity index (χ4v) is 3.93. The quantitative estimate of drug-likeness (QED) is 0.901. The molecule has 3 rings (SSSR count). The van der Waals surface area contributed by atoms with Crippen molar-refractivity contribution in [1.29, 1.82) is 0 Å². The van der Waals surface area contributed by atoms with Crippen LogP contribution in [0.2, 0.25) is 0 Å². The Morgan fingerprint density at radius 1 is 1.33 bits per heavy atom. The molecule has 2 fully saturated rings. The fourth-order valence-electron chi connectivity index (χ4n) is 3.44. The third-order valence-electron chi connectivity index (χ3n) is 4.47. The van der Waals surface area contributed by atoms with Crippen LogP contribution in [-0.4, -0.2) is 53.7 Å². The number of phenolic OH excluding ortho intramolecular Hbond substituents is 1. The van der Waals surface area contributed by atoms with Gasteiger partial charge in [-0.2, -0.15) is 0 Å². The molecular formula is C16H23BrN2O2. The summed E-state index contributed by atoms with van der Waals surface area (Å²) in [5.41, 5.74) is 1.19. The van der Waals surface area contributed by atoms with Crippen LogP contribution in [0.25, 0.3) is 0 Å². The second kappa shape index (κ2) is 6.55. The molecule has 2 heterocycles. The number of piperazine rings is 1. The van der Waals surface area contributed by atoms with Crippen molar-refractivity contribution in [2.75, 3.05) is 32.8 Å². The molecule has 1 aromatic carbocycles. The minimum absolute atomic E-state index is 0.196. The van der Waals surface area contributed by atoms with Gasteiger partial charge in [0.25, 0.3) is 0 Å². The van der Waals surface area contributed by atoms with Crippen LogP contribution in [-0.2, 0) is 6.54 Å². The number of nitrogens with zero attached hydrogens (tertiary/aromatic N) is 2. The van der Waals surface area contributed by atoms with Gasteiger partial charge in [0.2, 0.25) is 0 Å². The Morgan fingerprint density at radius 2 is 2.19 bits per heavy atom. The highest BCUT2D eigenvalue weighted by atomic mass is 79.9. The maximum Gasteiger partial charge on any atom is 0.172 e.